The summed E-state index contributed by atoms with van der Waals surface area (Å²) in [4.78, 5) is 21.3. The fraction of sp³-hybridized carbons (Fsp3) is 0.889. The molecule has 25 heavy (non-hydrogen) atoms. The predicted octanol–water partition coefficient (Wildman–Crippen LogP) is 2.33. The van der Waals surface area contributed by atoms with E-state index < -0.39 is 0 Å². The molecular weight excluding hydrogens is 431 g/mol. The van der Waals surface area contributed by atoms with Gasteiger partial charge in [-0.2, -0.15) is 0 Å². The number of methoxy groups -OCH3 is 1. The minimum Gasteiger partial charge on any atom is -0.469 e. The number of hydrogen-bond donors (Lipinski definition) is 1. The van der Waals surface area contributed by atoms with Gasteiger partial charge in [0.25, 0.3) is 0 Å². The second-order valence-corrected chi connectivity index (χ2v) is 6.78. The van der Waals surface area contributed by atoms with Crippen LogP contribution < -0.4 is 5.32 Å². The Kier molecular flexibility index (Phi) is 11.4. The summed E-state index contributed by atoms with van der Waals surface area (Å²) in [6.45, 7) is 9.05. The number of carbonyl (C=O) groups excluding carboxylic acids is 1. The molecule has 0 bridgehead atoms. The Morgan fingerprint density at radius 3 is 2.32 bits per heavy atom. The zero-order valence-corrected chi connectivity index (χ0v) is 18.2. The van der Waals surface area contributed by atoms with Crippen molar-refractivity contribution in [1.29, 1.82) is 0 Å². The lowest BCUT2D eigenvalue weighted by atomic mass is 9.97. The molecule has 0 unspecified atom stereocenters. The first-order valence-electron chi connectivity index (χ1n) is 9.58. The quantitative estimate of drug-likeness (QED) is 0.292. The van der Waals surface area contributed by atoms with Crippen molar-refractivity contribution in [2.75, 3.05) is 52.9 Å². The summed E-state index contributed by atoms with van der Waals surface area (Å²) in [5.41, 5.74) is 0. The molecule has 146 valence electrons. The smallest absolute Gasteiger partial charge is 0.308 e. The van der Waals surface area contributed by atoms with E-state index in [0.29, 0.717) is 0 Å². The molecule has 0 aromatic heterocycles. The highest BCUT2D eigenvalue weighted by Crippen LogP contribution is 2.18. The van der Waals surface area contributed by atoms with Gasteiger partial charge < -0.3 is 19.9 Å². The average Bonchev–Trinajstić information content (AvgIpc) is 2.89. The van der Waals surface area contributed by atoms with Gasteiger partial charge in [-0.15, -0.1) is 24.0 Å². The molecule has 1 N–H and O–H groups in total. The normalized spacial score (nSPS) is 20.6. The molecular formula is C18H35IN4O2. The summed E-state index contributed by atoms with van der Waals surface area (Å²) in [6, 6.07) is 0. The molecule has 0 radical (unpaired) electrons. The van der Waals surface area contributed by atoms with Gasteiger partial charge in [-0.3, -0.25) is 9.79 Å². The second-order valence-electron chi connectivity index (χ2n) is 6.78. The SMILES string of the molecule is CCNC(=NCCN1CCCCCC1)N1CCC(C(=O)OC)CC1.I. The topological polar surface area (TPSA) is 57.2 Å². The van der Waals surface area contributed by atoms with Crippen molar-refractivity contribution in [3.8, 4) is 0 Å². The van der Waals surface area contributed by atoms with Crippen LogP contribution in [0.5, 0.6) is 0 Å². The first-order chi connectivity index (χ1) is 11.7. The minimum atomic E-state index is -0.0715. The van der Waals surface area contributed by atoms with Crippen molar-refractivity contribution in [2.45, 2.75) is 45.4 Å². The minimum absolute atomic E-state index is 0. The fourth-order valence-corrected chi connectivity index (χ4v) is 3.58. The number of nitrogens with one attached hydrogen (secondary N) is 1. The lowest BCUT2D eigenvalue weighted by molar-refractivity contribution is -0.146. The lowest BCUT2D eigenvalue weighted by Crippen LogP contribution is -2.47. The van der Waals surface area contributed by atoms with Gasteiger partial charge >= 0.3 is 5.97 Å². The maximum Gasteiger partial charge on any atom is 0.308 e. The van der Waals surface area contributed by atoms with E-state index in [4.69, 9.17) is 9.73 Å². The summed E-state index contributed by atoms with van der Waals surface area (Å²) in [5.74, 6) is 0.972. The standard InChI is InChI=1S/C18H34N4O2.HI/c1-3-19-18(20-10-15-21-11-6-4-5-7-12-21)22-13-8-16(9-14-22)17(23)24-2;/h16H,3-15H2,1-2H3,(H,19,20);1H. The van der Waals surface area contributed by atoms with Crippen molar-refractivity contribution < 1.29 is 9.53 Å². The van der Waals surface area contributed by atoms with E-state index in [1.165, 1.54) is 45.9 Å². The Hall–Kier alpha value is -0.570. The predicted molar refractivity (Wildman–Crippen MR) is 113 cm³/mol. The van der Waals surface area contributed by atoms with E-state index in [-0.39, 0.29) is 35.9 Å². The number of aliphatic imine (C=N–C) groups is 1. The van der Waals surface area contributed by atoms with Crippen LogP contribution in [0.3, 0.4) is 0 Å². The maximum atomic E-state index is 11.7. The molecule has 0 aliphatic carbocycles. The number of rotatable bonds is 5. The number of ether oxygens (including phenoxy) is 1. The molecule has 2 heterocycles. The van der Waals surface area contributed by atoms with Crippen LogP contribution in [0.4, 0.5) is 0 Å². The number of halogens is 1. The zero-order valence-electron chi connectivity index (χ0n) is 15.8. The molecule has 2 fully saturated rings. The Labute approximate surface area is 169 Å². The summed E-state index contributed by atoms with van der Waals surface area (Å²) in [7, 11) is 1.48. The van der Waals surface area contributed by atoms with Gasteiger partial charge in [-0.05, 0) is 45.7 Å². The molecule has 0 amide bonds. The number of nitrogens with zero attached hydrogens (tertiary/aromatic N) is 3. The molecule has 6 nitrogen and oxygen atoms in total. The number of likely N-dealkylation sites (tertiary alicyclic amines) is 2. The fourth-order valence-electron chi connectivity index (χ4n) is 3.58. The van der Waals surface area contributed by atoms with Gasteiger partial charge in [-0.25, -0.2) is 0 Å². The summed E-state index contributed by atoms with van der Waals surface area (Å²) >= 11 is 0. The van der Waals surface area contributed by atoms with Crippen molar-refractivity contribution >= 4 is 35.9 Å². The van der Waals surface area contributed by atoms with Gasteiger partial charge in [0, 0.05) is 26.2 Å². The first kappa shape index (κ1) is 22.5. The maximum absolute atomic E-state index is 11.7. The van der Waals surface area contributed by atoms with E-state index in [1.54, 1.807) is 0 Å². The van der Waals surface area contributed by atoms with Crippen LogP contribution in [-0.4, -0.2) is 74.7 Å². The van der Waals surface area contributed by atoms with Gasteiger partial charge in [0.15, 0.2) is 5.96 Å². The van der Waals surface area contributed by atoms with Crippen LogP contribution >= 0.6 is 24.0 Å². The Balaban J connectivity index is 0.00000312. The Bertz CT molecular complexity index is 404. The molecule has 0 aromatic carbocycles. The molecule has 0 atom stereocenters. The zero-order chi connectivity index (χ0) is 17.2. The van der Waals surface area contributed by atoms with Crippen LogP contribution in [0.1, 0.15) is 45.4 Å². The Morgan fingerprint density at radius 2 is 1.76 bits per heavy atom. The molecule has 2 rings (SSSR count). The van der Waals surface area contributed by atoms with Crippen LogP contribution in [0.15, 0.2) is 4.99 Å². The second kappa shape index (κ2) is 12.7. The monoisotopic (exact) mass is 466 g/mol. The third-order valence-corrected chi connectivity index (χ3v) is 5.04. The summed E-state index contributed by atoms with van der Waals surface area (Å²) in [5, 5.41) is 3.40. The van der Waals surface area contributed by atoms with Crippen molar-refractivity contribution in [2.24, 2.45) is 10.9 Å². The molecule has 2 saturated heterocycles. The average molecular weight is 466 g/mol. The summed E-state index contributed by atoms with van der Waals surface area (Å²) < 4.78 is 4.87. The largest absolute Gasteiger partial charge is 0.469 e. The number of guanidine groups is 1. The molecule has 2 aliphatic heterocycles. The number of hydrogen-bond acceptors (Lipinski definition) is 4. The molecule has 0 spiro atoms. The third kappa shape index (κ3) is 7.68. The van der Waals surface area contributed by atoms with Crippen LogP contribution in [0.25, 0.3) is 0 Å². The van der Waals surface area contributed by atoms with E-state index >= 15 is 0 Å². The van der Waals surface area contributed by atoms with Gasteiger partial charge in [0.2, 0.25) is 0 Å². The highest BCUT2D eigenvalue weighted by atomic mass is 127. The van der Waals surface area contributed by atoms with Gasteiger partial charge in [0.1, 0.15) is 0 Å². The number of esters is 1. The van der Waals surface area contributed by atoms with E-state index in [9.17, 15) is 4.79 Å². The molecule has 0 aromatic rings. The number of carbonyl (C=O) groups is 1. The molecule has 7 heteroatoms. The first-order valence-corrected chi connectivity index (χ1v) is 9.58. The van der Waals surface area contributed by atoms with E-state index in [2.05, 4.69) is 22.0 Å². The lowest BCUT2D eigenvalue weighted by Gasteiger charge is -2.33. The van der Waals surface area contributed by atoms with Crippen molar-refractivity contribution in [3.63, 3.8) is 0 Å². The van der Waals surface area contributed by atoms with Crippen LogP contribution in [0.2, 0.25) is 0 Å². The van der Waals surface area contributed by atoms with Crippen molar-refractivity contribution in [1.82, 2.24) is 15.1 Å². The molecule has 0 saturated carbocycles. The Morgan fingerprint density at radius 1 is 1.12 bits per heavy atom. The van der Waals surface area contributed by atoms with Gasteiger partial charge in [-0.1, -0.05) is 12.8 Å². The molecule has 2 aliphatic rings. The van der Waals surface area contributed by atoms with Crippen molar-refractivity contribution in [3.05, 3.63) is 0 Å². The third-order valence-electron chi connectivity index (χ3n) is 5.04. The summed E-state index contributed by atoms with van der Waals surface area (Å²) in [6.07, 6.45) is 7.09. The highest BCUT2D eigenvalue weighted by molar-refractivity contribution is 14.0. The van der Waals surface area contributed by atoms with Crippen LogP contribution in [-0.2, 0) is 9.53 Å². The van der Waals surface area contributed by atoms with E-state index in [0.717, 1.165) is 51.5 Å². The van der Waals surface area contributed by atoms with Gasteiger partial charge in [0.05, 0.1) is 19.6 Å². The van der Waals surface area contributed by atoms with Crippen LogP contribution in [0, 0.1) is 5.92 Å². The van der Waals surface area contributed by atoms with E-state index in [1.807, 2.05) is 0 Å². The number of piperidine rings is 1. The highest BCUT2D eigenvalue weighted by Gasteiger charge is 2.26.